The topological polar surface area (TPSA) is 110 Å². The number of nitrogens with two attached hydrogens (primary N) is 1. The summed E-state index contributed by atoms with van der Waals surface area (Å²) in [7, 11) is -4.03. The summed E-state index contributed by atoms with van der Waals surface area (Å²) in [5.74, 6) is -0.747. The van der Waals surface area contributed by atoms with Crippen molar-refractivity contribution in [3.63, 3.8) is 0 Å². The van der Waals surface area contributed by atoms with Crippen molar-refractivity contribution in [2.24, 2.45) is 5.73 Å². The number of sulfonamides is 1. The largest absolute Gasteiger partial charge is 0.320 e. The molecule has 1 fully saturated rings. The van der Waals surface area contributed by atoms with Crippen molar-refractivity contribution in [2.45, 2.75) is 30.2 Å². The van der Waals surface area contributed by atoms with E-state index in [4.69, 9.17) is 5.73 Å². The Morgan fingerprint density at radius 1 is 1.11 bits per heavy atom. The molecule has 3 rings (SSSR count). The average molecular weight is 387 g/mol. The summed E-state index contributed by atoms with van der Waals surface area (Å²) in [5.41, 5.74) is 7.32. The molecular weight excluding hydrogens is 366 g/mol. The number of amides is 2. The summed E-state index contributed by atoms with van der Waals surface area (Å²) in [5, 5.41) is 0. The van der Waals surface area contributed by atoms with E-state index in [1.165, 1.54) is 12.1 Å². The van der Waals surface area contributed by atoms with Gasteiger partial charge in [-0.15, -0.1) is 0 Å². The van der Waals surface area contributed by atoms with Gasteiger partial charge in [0.25, 0.3) is 15.9 Å². The lowest BCUT2D eigenvalue weighted by molar-refractivity contribution is -0.120. The van der Waals surface area contributed by atoms with E-state index in [9.17, 15) is 18.0 Å². The molecule has 1 unspecified atom stereocenters. The molecule has 2 amide bonds. The molecule has 1 saturated heterocycles. The number of hydrogen-bond donors (Lipinski definition) is 2. The lowest BCUT2D eigenvalue weighted by Gasteiger charge is -2.16. The van der Waals surface area contributed by atoms with Crippen LogP contribution in [0.25, 0.3) is 0 Å². The van der Waals surface area contributed by atoms with Gasteiger partial charge in [0.1, 0.15) is 0 Å². The van der Waals surface area contributed by atoms with Crippen LogP contribution in [0.4, 0.5) is 5.69 Å². The number of hydrogen-bond acceptors (Lipinski definition) is 5. The lowest BCUT2D eigenvalue weighted by atomic mass is 10.1. The fourth-order valence-electron chi connectivity index (χ4n) is 2.95. The SMILES string of the molecule is NC(Cc1ccccc1)C(=O)NS(=O)(=O)c1ccc(N2CCCC2=O)cc1. The molecule has 1 heterocycles. The van der Waals surface area contributed by atoms with Gasteiger partial charge in [0.15, 0.2) is 0 Å². The minimum absolute atomic E-state index is 0.0193. The van der Waals surface area contributed by atoms with Crippen LogP contribution in [0.15, 0.2) is 59.5 Å². The maximum atomic E-state index is 12.4. The first-order valence-corrected chi connectivity index (χ1v) is 10.1. The van der Waals surface area contributed by atoms with Crippen molar-refractivity contribution in [1.82, 2.24) is 4.72 Å². The molecule has 0 saturated carbocycles. The molecule has 2 aromatic rings. The van der Waals surface area contributed by atoms with Crippen molar-refractivity contribution in [2.75, 3.05) is 11.4 Å². The second-order valence-corrected chi connectivity index (χ2v) is 8.09. The Kier molecular flexibility index (Phi) is 5.57. The van der Waals surface area contributed by atoms with Gasteiger partial charge in [0, 0.05) is 18.7 Å². The Balaban J connectivity index is 1.66. The minimum atomic E-state index is -4.03. The summed E-state index contributed by atoms with van der Waals surface area (Å²) >= 11 is 0. The molecule has 0 aromatic heterocycles. The fourth-order valence-corrected chi connectivity index (χ4v) is 3.98. The molecule has 8 heteroatoms. The van der Waals surface area contributed by atoms with Crippen LogP contribution < -0.4 is 15.4 Å². The van der Waals surface area contributed by atoms with E-state index >= 15 is 0 Å². The zero-order valence-electron chi connectivity index (χ0n) is 14.7. The molecule has 27 heavy (non-hydrogen) atoms. The Hall–Kier alpha value is -2.71. The lowest BCUT2D eigenvalue weighted by Crippen LogP contribution is -2.44. The third-order valence-corrected chi connectivity index (χ3v) is 5.76. The van der Waals surface area contributed by atoms with Gasteiger partial charge in [-0.2, -0.15) is 0 Å². The number of nitrogens with one attached hydrogen (secondary N) is 1. The third-order valence-electron chi connectivity index (χ3n) is 4.40. The highest BCUT2D eigenvalue weighted by Crippen LogP contribution is 2.23. The van der Waals surface area contributed by atoms with Gasteiger partial charge in [-0.05, 0) is 42.7 Å². The first kappa shape index (κ1) is 19.1. The van der Waals surface area contributed by atoms with Gasteiger partial charge in [-0.1, -0.05) is 30.3 Å². The van der Waals surface area contributed by atoms with Crippen LogP contribution in [0.2, 0.25) is 0 Å². The van der Waals surface area contributed by atoms with Crippen LogP contribution in [0.1, 0.15) is 18.4 Å². The van der Waals surface area contributed by atoms with E-state index in [0.717, 1.165) is 12.0 Å². The number of nitrogens with zero attached hydrogens (tertiary/aromatic N) is 1. The fraction of sp³-hybridized carbons (Fsp3) is 0.263. The number of carbonyl (C=O) groups is 2. The molecule has 1 aliphatic rings. The van der Waals surface area contributed by atoms with E-state index in [2.05, 4.69) is 0 Å². The molecule has 2 aromatic carbocycles. The van der Waals surface area contributed by atoms with Gasteiger partial charge >= 0.3 is 0 Å². The zero-order valence-corrected chi connectivity index (χ0v) is 15.5. The van der Waals surface area contributed by atoms with Crippen LogP contribution in [0.3, 0.4) is 0 Å². The summed E-state index contributed by atoms with van der Waals surface area (Å²) in [6.45, 7) is 0.621. The van der Waals surface area contributed by atoms with E-state index < -0.39 is 22.0 Å². The molecule has 0 spiro atoms. The molecule has 0 radical (unpaired) electrons. The maximum Gasteiger partial charge on any atom is 0.264 e. The van der Waals surface area contributed by atoms with E-state index in [-0.39, 0.29) is 17.2 Å². The number of anilines is 1. The van der Waals surface area contributed by atoms with Crippen molar-refractivity contribution >= 4 is 27.5 Å². The molecular formula is C19H21N3O4S. The molecule has 1 atom stereocenters. The minimum Gasteiger partial charge on any atom is -0.320 e. The summed E-state index contributed by atoms with van der Waals surface area (Å²) < 4.78 is 26.9. The van der Waals surface area contributed by atoms with Gasteiger partial charge in [-0.3, -0.25) is 9.59 Å². The number of benzene rings is 2. The summed E-state index contributed by atoms with van der Waals surface area (Å²) in [6, 6.07) is 14.0. The Bertz CT molecular complexity index is 927. The molecule has 0 bridgehead atoms. The molecule has 0 aliphatic carbocycles. The third kappa shape index (κ3) is 4.53. The van der Waals surface area contributed by atoms with Crippen LogP contribution in [0, 0.1) is 0 Å². The number of rotatable bonds is 6. The number of carbonyl (C=O) groups excluding carboxylic acids is 2. The first-order valence-electron chi connectivity index (χ1n) is 8.63. The van der Waals surface area contributed by atoms with Crippen LogP contribution >= 0.6 is 0 Å². The zero-order chi connectivity index (χ0) is 19.4. The monoisotopic (exact) mass is 387 g/mol. The van der Waals surface area contributed by atoms with Crippen molar-refractivity contribution in [3.8, 4) is 0 Å². The Labute approximate surface area is 158 Å². The highest BCUT2D eigenvalue weighted by Gasteiger charge is 2.24. The van der Waals surface area contributed by atoms with Gasteiger partial charge in [-0.25, -0.2) is 13.1 Å². The van der Waals surface area contributed by atoms with Crippen molar-refractivity contribution in [3.05, 3.63) is 60.2 Å². The van der Waals surface area contributed by atoms with E-state index in [1.807, 2.05) is 35.1 Å². The Morgan fingerprint density at radius 3 is 2.37 bits per heavy atom. The summed E-state index contributed by atoms with van der Waals surface area (Å²) in [4.78, 5) is 25.5. The Morgan fingerprint density at radius 2 is 1.78 bits per heavy atom. The van der Waals surface area contributed by atoms with Crippen LogP contribution in [0.5, 0.6) is 0 Å². The van der Waals surface area contributed by atoms with Crippen molar-refractivity contribution < 1.29 is 18.0 Å². The maximum absolute atomic E-state index is 12.4. The highest BCUT2D eigenvalue weighted by atomic mass is 32.2. The standard InChI is InChI=1S/C19H21N3O4S/c20-17(13-14-5-2-1-3-6-14)19(24)21-27(25,26)16-10-8-15(9-11-16)22-12-4-7-18(22)23/h1-3,5-6,8-11,17H,4,7,12-13,20H2,(H,21,24). The van der Waals surface area contributed by atoms with Gasteiger partial charge < -0.3 is 10.6 Å². The smallest absolute Gasteiger partial charge is 0.264 e. The quantitative estimate of drug-likeness (QED) is 0.774. The normalized spacial score (nSPS) is 15.6. The molecule has 142 valence electrons. The molecule has 3 N–H and O–H groups in total. The predicted octanol–water partition coefficient (Wildman–Crippen LogP) is 1.19. The second-order valence-electron chi connectivity index (χ2n) is 6.41. The predicted molar refractivity (Wildman–Crippen MR) is 101 cm³/mol. The first-order chi connectivity index (χ1) is 12.9. The second kappa shape index (κ2) is 7.89. The molecule has 1 aliphatic heterocycles. The average Bonchev–Trinajstić information content (AvgIpc) is 3.08. The van der Waals surface area contributed by atoms with Gasteiger partial charge in [0.05, 0.1) is 10.9 Å². The van der Waals surface area contributed by atoms with Crippen LogP contribution in [-0.4, -0.2) is 32.8 Å². The van der Waals surface area contributed by atoms with Crippen molar-refractivity contribution in [1.29, 1.82) is 0 Å². The van der Waals surface area contributed by atoms with Crippen LogP contribution in [-0.2, 0) is 26.0 Å². The highest BCUT2D eigenvalue weighted by molar-refractivity contribution is 7.90. The van der Waals surface area contributed by atoms with E-state index in [0.29, 0.717) is 18.7 Å². The molecule has 7 nitrogen and oxygen atoms in total. The van der Waals surface area contributed by atoms with E-state index in [1.54, 1.807) is 17.0 Å². The van der Waals surface area contributed by atoms with Gasteiger partial charge in [0.2, 0.25) is 5.91 Å². The summed E-state index contributed by atoms with van der Waals surface area (Å²) in [6.07, 6.45) is 1.52.